The molecule has 1 aromatic rings. The van der Waals surface area contributed by atoms with Crippen molar-refractivity contribution in [2.75, 3.05) is 24.6 Å². The van der Waals surface area contributed by atoms with Crippen LogP contribution in [0.4, 0.5) is 5.69 Å². The lowest BCUT2D eigenvalue weighted by Gasteiger charge is -2.33. The van der Waals surface area contributed by atoms with Crippen molar-refractivity contribution in [1.82, 2.24) is 0 Å². The molecule has 1 saturated heterocycles. The molecule has 1 aromatic carbocycles. The van der Waals surface area contributed by atoms with Crippen molar-refractivity contribution >= 4 is 27.9 Å². The Morgan fingerprint density at radius 3 is 3.00 bits per heavy atom. The fraction of sp³-hybridized carbons (Fsp3) is 0.462. The normalized spacial score (nSPS) is 20.4. The number of aldehydes is 1. The number of piperidine rings is 1. The van der Waals surface area contributed by atoms with Gasteiger partial charge in [0.05, 0.1) is 0 Å². The summed E-state index contributed by atoms with van der Waals surface area (Å²) in [4.78, 5) is 13.0. The molecule has 0 radical (unpaired) electrons. The minimum atomic E-state index is 0.254. The summed E-state index contributed by atoms with van der Waals surface area (Å²) in [5.74, 6) is 0.369. The van der Waals surface area contributed by atoms with E-state index in [1.807, 2.05) is 18.2 Å². The summed E-state index contributed by atoms with van der Waals surface area (Å²) in [6.07, 6.45) is 3.06. The van der Waals surface area contributed by atoms with Crippen LogP contribution in [-0.4, -0.2) is 31.1 Å². The van der Waals surface area contributed by atoms with Gasteiger partial charge in [-0.1, -0.05) is 0 Å². The lowest BCUT2D eigenvalue weighted by molar-refractivity contribution is 0.112. The van der Waals surface area contributed by atoms with Crippen LogP contribution < -0.4 is 4.90 Å². The van der Waals surface area contributed by atoms with Gasteiger partial charge >= 0.3 is 0 Å². The van der Waals surface area contributed by atoms with Gasteiger partial charge in [0.15, 0.2) is 6.29 Å². The number of nitrogens with zero attached hydrogens (tertiary/aromatic N) is 1. The Morgan fingerprint density at radius 1 is 1.53 bits per heavy atom. The third-order valence-corrected chi connectivity index (χ3v) is 3.94. The monoisotopic (exact) mass is 297 g/mol. The number of hydrogen-bond acceptors (Lipinski definition) is 3. The summed E-state index contributed by atoms with van der Waals surface area (Å²) < 4.78 is 0.830. The summed E-state index contributed by atoms with van der Waals surface area (Å²) in [5.41, 5.74) is 1.78. The standard InChI is InChI=1S/C13H16BrNO2/c14-13-6-12(4-3-11(13)9-17)15-5-1-2-10(7-15)8-16/h3-4,6,9-10,16H,1-2,5,7-8H2. The highest BCUT2D eigenvalue weighted by Crippen LogP contribution is 2.27. The van der Waals surface area contributed by atoms with Crippen molar-refractivity contribution in [3.8, 4) is 0 Å². The van der Waals surface area contributed by atoms with E-state index in [9.17, 15) is 9.90 Å². The first kappa shape index (κ1) is 12.6. The van der Waals surface area contributed by atoms with E-state index in [0.717, 1.165) is 42.4 Å². The Kier molecular flexibility index (Phi) is 4.18. The van der Waals surface area contributed by atoms with Crippen LogP contribution >= 0.6 is 15.9 Å². The summed E-state index contributed by atoms with van der Waals surface area (Å²) in [6.45, 7) is 2.16. The van der Waals surface area contributed by atoms with Crippen molar-refractivity contribution in [2.24, 2.45) is 5.92 Å². The number of carbonyl (C=O) groups is 1. The first-order valence-electron chi connectivity index (χ1n) is 5.85. The van der Waals surface area contributed by atoms with E-state index in [0.29, 0.717) is 11.5 Å². The predicted octanol–water partition coefficient (Wildman–Crippen LogP) is 2.47. The van der Waals surface area contributed by atoms with Crippen molar-refractivity contribution in [1.29, 1.82) is 0 Å². The van der Waals surface area contributed by atoms with E-state index in [1.54, 1.807) is 0 Å². The first-order valence-corrected chi connectivity index (χ1v) is 6.64. The molecule has 0 aliphatic carbocycles. The number of benzene rings is 1. The lowest BCUT2D eigenvalue weighted by atomic mass is 9.98. The summed E-state index contributed by atoms with van der Waals surface area (Å²) in [5, 5.41) is 9.21. The summed E-state index contributed by atoms with van der Waals surface area (Å²) in [7, 11) is 0. The molecule has 1 atom stereocenters. The average molecular weight is 298 g/mol. The molecule has 92 valence electrons. The maximum atomic E-state index is 10.7. The molecule has 1 aliphatic rings. The van der Waals surface area contributed by atoms with E-state index in [-0.39, 0.29) is 6.61 Å². The van der Waals surface area contributed by atoms with Gasteiger partial charge in [-0.15, -0.1) is 0 Å². The smallest absolute Gasteiger partial charge is 0.151 e. The van der Waals surface area contributed by atoms with Crippen molar-refractivity contribution in [2.45, 2.75) is 12.8 Å². The van der Waals surface area contributed by atoms with Gasteiger partial charge in [0, 0.05) is 35.4 Å². The fourth-order valence-electron chi connectivity index (χ4n) is 2.26. The first-order chi connectivity index (χ1) is 8.24. The van der Waals surface area contributed by atoms with Crippen LogP contribution in [0.25, 0.3) is 0 Å². The Balaban J connectivity index is 2.16. The number of rotatable bonds is 3. The highest BCUT2D eigenvalue weighted by molar-refractivity contribution is 9.10. The molecule has 0 spiro atoms. The second-order valence-corrected chi connectivity index (χ2v) is 5.31. The van der Waals surface area contributed by atoms with E-state index in [1.165, 1.54) is 0 Å². The molecule has 1 aliphatic heterocycles. The molecule has 1 N–H and O–H groups in total. The number of aliphatic hydroxyl groups excluding tert-OH is 1. The zero-order valence-corrected chi connectivity index (χ0v) is 11.2. The molecule has 0 saturated carbocycles. The van der Waals surface area contributed by atoms with Crippen LogP contribution in [0, 0.1) is 5.92 Å². The Morgan fingerprint density at radius 2 is 2.35 bits per heavy atom. The lowest BCUT2D eigenvalue weighted by Crippen LogP contribution is -2.36. The van der Waals surface area contributed by atoms with Gasteiger partial charge in [0.25, 0.3) is 0 Å². The molecule has 3 nitrogen and oxygen atoms in total. The number of anilines is 1. The molecule has 4 heteroatoms. The minimum absolute atomic E-state index is 0.254. The zero-order valence-electron chi connectivity index (χ0n) is 9.60. The van der Waals surface area contributed by atoms with Crippen molar-refractivity contribution < 1.29 is 9.90 Å². The minimum Gasteiger partial charge on any atom is -0.396 e. The van der Waals surface area contributed by atoms with E-state index in [4.69, 9.17) is 0 Å². The fourth-order valence-corrected chi connectivity index (χ4v) is 2.72. The third-order valence-electron chi connectivity index (χ3n) is 3.25. The molecule has 1 heterocycles. The van der Waals surface area contributed by atoms with Gasteiger partial charge < -0.3 is 10.0 Å². The molecule has 1 unspecified atom stereocenters. The van der Waals surface area contributed by atoms with E-state index >= 15 is 0 Å². The van der Waals surface area contributed by atoms with Crippen LogP contribution in [0.5, 0.6) is 0 Å². The van der Waals surface area contributed by atoms with Crippen LogP contribution in [0.15, 0.2) is 22.7 Å². The summed E-state index contributed by atoms with van der Waals surface area (Å²) >= 11 is 3.40. The zero-order chi connectivity index (χ0) is 12.3. The summed E-state index contributed by atoms with van der Waals surface area (Å²) in [6, 6.07) is 5.77. The quantitative estimate of drug-likeness (QED) is 0.872. The van der Waals surface area contributed by atoms with Gasteiger partial charge in [-0.05, 0) is 52.9 Å². The second kappa shape index (κ2) is 5.65. The Bertz CT molecular complexity index is 408. The average Bonchev–Trinajstić information content (AvgIpc) is 2.38. The Hall–Kier alpha value is -0.870. The SMILES string of the molecule is O=Cc1ccc(N2CCCC(CO)C2)cc1Br. The van der Waals surface area contributed by atoms with Crippen molar-refractivity contribution in [3.63, 3.8) is 0 Å². The largest absolute Gasteiger partial charge is 0.396 e. The van der Waals surface area contributed by atoms with Gasteiger partial charge in [-0.2, -0.15) is 0 Å². The van der Waals surface area contributed by atoms with Gasteiger partial charge in [0.2, 0.25) is 0 Å². The third kappa shape index (κ3) is 2.87. The number of hydrogen-bond donors (Lipinski definition) is 1. The maximum Gasteiger partial charge on any atom is 0.151 e. The maximum absolute atomic E-state index is 10.7. The topological polar surface area (TPSA) is 40.5 Å². The van der Waals surface area contributed by atoms with Crippen molar-refractivity contribution in [3.05, 3.63) is 28.2 Å². The number of halogens is 1. The second-order valence-electron chi connectivity index (χ2n) is 4.46. The molecular formula is C13H16BrNO2. The molecular weight excluding hydrogens is 282 g/mol. The highest BCUT2D eigenvalue weighted by atomic mass is 79.9. The van der Waals surface area contributed by atoms with Gasteiger partial charge in [-0.3, -0.25) is 4.79 Å². The van der Waals surface area contributed by atoms with E-state index in [2.05, 4.69) is 20.8 Å². The van der Waals surface area contributed by atoms with Crippen LogP contribution in [0.1, 0.15) is 23.2 Å². The van der Waals surface area contributed by atoms with Gasteiger partial charge in [0.1, 0.15) is 0 Å². The van der Waals surface area contributed by atoms with Crippen LogP contribution in [0.3, 0.4) is 0 Å². The molecule has 1 fully saturated rings. The molecule has 0 amide bonds. The highest BCUT2D eigenvalue weighted by Gasteiger charge is 2.19. The predicted molar refractivity (Wildman–Crippen MR) is 71.6 cm³/mol. The van der Waals surface area contributed by atoms with E-state index < -0.39 is 0 Å². The van der Waals surface area contributed by atoms with Crippen LogP contribution in [-0.2, 0) is 0 Å². The number of carbonyl (C=O) groups excluding carboxylic acids is 1. The number of aliphatic hydroxyl groups is 1. The molecule has 0 aromatic heterocycles. The molecule has 17 heavy (non-hydrogen) atoms. The Labute approximate surface area is 110 Å². The van der Waals surface area contributed by atoms with Gasteiger partial charge in [-0.25, -0.2) is 0 Å². The molecule has 0 bridgehead atoms. The molecule has 2 rings (SSSR count). The van der Waals surface area contributed by atoms with Crippen LogP contribution in [0.2, 0.25) is 0 Å².